The molecule has 1 aliphatic heterocycles. The van der Waals surface area contributed by atoms with Crippen molar-refractivity contribution < 1.29 is 30.4 Å². The molecule has 0 aromatic heterocycles. The Morgan fingerprint density at radius 3 is 2.59 bits per heavy atom. The molecule has 29 heavy (non-hydrogen) atoms. The first kappa shape index (κ1) is 23.5. The molecule has 3 rings (SSSR count). The van der Waals surface area contributed by atoms with E-state index in [4.69, 9.17) is 4.74 Å². The first-order valence-corrected chi connectivity index (χ1v) is 12.0. The van der Waals surface area contributed by atoms with Crippen LogP contribution < -0.4 is 10.1 Å². The van der Waals surface area contributed by atoms with E-state index in [-0.39, 0.29) is 53.3 Å². The summed E-state index contributed by atoms with van der Waals surface area (Å²) in [6.45, 7) is 0.244. The summed E-state index contributed by atoms with van der Waals surface area (Å²) in [5.74, 6) is -1.60. The summed E-state index contributed by atoms with van der Waals surface area (Å²) >= 11 is 0. The van der Waals surface area contributed by atoms with Crippen molar-refractivity contribution >= 4 is 32.1 Å². The number of nitrogens with one attached hydrogen (secondary N) is 1. The fourth-order valence-corrected chi connectivity index (χ4v) is 5.30. The largest absolute Gasteiger partial charge is 0.489 e. The minimum atomic E-state index is -3.49. The van der Waals surface area contributed by atoms with Crippen LogP contribution in [0.1, 0.15) is 18.0 Å². The van der Waals surface area contributed by atoms with Crippen molar-refractivity contribution in [3.8, 4) is 5.75 Å². The van der Waals surface area contributed by atoms with Crippen molar-refractivity contribution in [2.75, 3.05) is 25.2 Å². The molecule has 6 nitrogen and oxygen atoms in total. The van der Waals surface area contributed by atoms with Crippen molar-refractivity contribution in [1.29, 1.82) is 0 Å². The quantitative estimate of drug-likeness (QED) is 0.657. The van der Waals surface area contributed by atoms with E-state index in [0.717, 1.165) is 24.5 Å². The van der Waals surface area contributed by atoms with Crippen LogP contribution in [0.5, 0.6) is 5.75 Å². The highest BCUT2D eigenvalue weighted by Crippen LogP contribution is 2.33. The molecule has 0 saturated heterocycles. The Labute approximate surface area is 174 Å². The summed E-state index contributed by atoms with van der Waals surface area (Å²) < 4.78 is 80.1. The zero-order valence-electron chi connectivity index (χ0n) is 15.4. The lowest BCUT2D eigenvalue weighted by Gasteiger charge is -2.27. The van der Waals surface area contributed by atoms with Crippen molar-refractivity contribution in [2.24, 2.45) is 0 Å². The predicted molar refractivity (Wildman–Crippen MR) is 106 cm³/mol. The monoisotopic (exact) mass is 467 g/mol. The maximum absolute atomic E-state index is 13.6. The van der Waals surface area contributed by atoms with Crippen molar-refractivity contribution in [2.45, 2.75) is 22.3 Å². The molecule has 1 aliphatic rings. The van der Waals surface area contributed by atoms with Gasteiger partial charge in [0.05, 0.1) is 15.5 Å². The van der Waals surface area contributed by atoms with Crippen LogP contribution in [-0.4, -0.2) is 42.0 Å². The van der Waals surface area contributed by atoms with Crippen LogP contribution >= 0.6 is 12.4 Å². The molecule has 0 saturated carbocycles. The fourth-order valence-electron chi connectivity index (χ4n) is 3.05. The minimum Gasteiger partial charge on any atom is -0.489 e. The van der Waals surface area contributed by atoms with Gasteiger partial charge in [0.15, 0.2) is 31.2 Å². The van der Waals surface area contributed by atoms with E-state index in [0.29, 0.717) is 5.56 Å². The van der Waals surface area contributed by atoms with Gasteiger partial charge in [0.25, 0.3) is 0 Å². The average Bonchev–Trinajstić information content (AvgIpc) is 2.62. The second-order valence-electron chi connectivity index (χ2n) is 6.51. The first-order valence-electron chi connectivity index (χ1n) is 8.46. The first-order chi connectivity index (χ1) is 13.1. The molecule has 2 aromatic carbocycles. The van der Waals surface area contributed by atoms with Gasteiger partial charge in [-0.25, -0.2) is 25.6 Å². The Morgan fingerprint density at radius 2 is 1.90 bits per heavy atom. The molecule has 1 heterocycles. The summed E-state index contributed by atoms with van der Waals surface area (Å²) in [4.78, 5) is 0.133. The summed E-state index contributed by atoms with van der Waals surface area (Å²) in [7, 11) is -6.97. The van der Waals surface area contributed by atoms with E-state index in [1.165, 1.54) is 18.2 Å². The molecule has 0 fully saturated rings. The molecule has 0 aliphatic carbocycles. The average molecular weight is 468 g/mol. The number of fused-ring (bicyclic) bond motifs is 1. The van der Waals surface area contributed by atoms with Gasteiger partial charge in [-0.1, -0.05) is 0 Å². The number of halogens is 3. The number of hydrogen-bond donors (Lipinski definition) is 1. The fraction of sp³-hybridized carbons (Fsp3) is 0.333. The highest BCUT2D eigenvalue weighted by molar-refractivity contribution is 7.91. The zero-order valence-corrected chi connectivity index (χ0v) is 17.8. The van der Waals surface area contributed by atoms with Crippen LogP contribution in [-0.2, 0) is 19.7 Å². The van der Waals surface area contributed by atoms with E-state index in [1.54, 1.807) is 0 Å². The molecule has 11 heteroatoms. The van der Waals surface area contributed by atoms with E-state index < -0.39 is 37.4 Å². The summed E-state index contributed by atoms with van der Waals surface area (Å²) in [5, 5.41) is 3.10. The molecular weight excluding hydrogens is 448 g/mol. The van der Waals surface area contributed by atoms with E-state index in [9.17, 15) is 25.6 Å². The third-order valence-corrected chi connectivity index (χ3v) is 7.36. The Bertz CT molecular complexity index is 1110. The van der Waals surface area contributed by atoms with Gasteiger partial charge in [0.2, 0.25) is 0 Å². The summed E-state index contributed by atoms with van der Waals surface area (Å²) in [5.41, 5.74) is 0.381. The minimum absolute atomic E-state index is 0. The van der Waals surface area contributed by atoms with Gasteiger partial charge in [-0.2, -0.15) is 0 Å². The summed E-state index contributed by atoms with van der Waals surface area (Å²) in [6.07, 6.45) is 1.31. The maximum Gasteiger partial charge on any atom is 0.178 e. The molecule has 0 spiro atoms. The lowest BCUT2D eigenvalue weighted by Crippen LogP contribution is -2.32. The van der Waals surface area contributed by atoms with Gasteiger partial charge < -0.3 is 10.1 Å². The molecule has 2 aromatic rings. The van der Waals surface area contributed by atoms with E-state index in [1.807, 2.05) is 0 Å². The van der Waals surface area contributed by atoms with Crippen LogP contribution in [0.15, 0.2) is 46.2 Å². The standard InChI is InChI=1S/C18H19F2NO5S2.ClH/c1-27(22,23)13-3-5-18-14(11-13)16(6-9-28(18,24)25)21-7-8-26-17-10-12(19)2-4-15(17)20;/h2-5,10-11,16,21H,6-9H2,1H3;1H. The molecule has 160 valence electrons. The van der Waals surface area contributed by atoms with Gasteiger partial charge in [-0.15, -0.1) is 12.4 Å². The van der Waals surface area contributed by atoms with Crippen LogP contribution in [0.25, 0.3) is 0 Å². The molecule has 0 radical (unpaired) electrons. The number of sulfone groups is 2. The summed E-state index contributed by atoms with van der Waals surface area (Å²) in [6, 6.07) is 6.45. The second kappa shape index (κ2) is 8.95. The van der Waals surface area contributed by atoms with E-state index >= 15 is 0 Å². The molecule has 1 unspecified atom stereocenters. The van der Waals surface area contributed by atoms with Crippen LogP contribution in [0.3, 0.4) is 0 Å². The van der Waals surface area contributed by atoms with Crippen LogP contribution in [0.2, 0.25) is 0 Å². The molecule has 1 N–H and O–H groups in total. The van der Waals surface area contributed by atoms with Gasteiger partial charge in [-0.3, -0.25) is 0 Å². The van der Waals surface area contributed by atoms with Crippen molar-refractivity contribution in [1.82, 2.24) is 5.32 Å². The van der Waals surface area contributed by atoms with Gasteiger partial charge >= 0.3 is 0 Å². The van der Waals surface area contributed by atoms with Crippen molar-refractivity contribution in [3.05, 3.63) is 53.6 Å². The van der Waals surface area contributed by atoms with Gasteiger partial charge in [-0.05, 0) is 42.3 Å². The number of hydrogen-bond acceptors (Lipinski definition) is 6. The molecular formula is C18H20ClF2NO5S2. The molecule has 0 bridgehead atoms. The normalized spacial score (nSPS) is 17.8. The number of ether oxygens (including phenoxy) is 1. The number of benzene rings is 2. The smallest absolute Gasteiger partial charge is 0.178 e. The second-order valence-corrected chi connectivity index (χ2v) is 10.6. The molecule has 1 atom stereocenters. The van der Waals surface area contributed by atoms with Crippen molar-refractivity contribution in [3.63, 3.8) is 0 Å². The van der Waals surface area contributed by atoms with E-state index in [2.05, 4.69) is 5.32 Å². The Balaban J connectivity index is 0.00000300. The number of rotatable bonds is 6. The third kappa shape index (κ3) is 5.44. The lowest BCUT2D eigenvalue weighted by atomic mass is 10.0. The predicted octanol–water partition coefficient (Wildman–Crippen LogP) is 2.68. The third-order valence-electron chi connectivity index (χ3n) is 4.44. The van der Waals surface area contributed by atoms with Crippen LogP contribution in [0, 0.1) is 11.6 Å². The Morgan fingerprint density at radius 1 is 1.17 bits per heavy atom. The highest BCUT2D eigenvalue weighted by atomic mass is 35.5. The highest BCUT2D eigenvalue weighted by Gasteiger charge is 2.31. The lowest BCUT2D eigenvalue weighted by molar-refractivity contribution is 0.288. The Hall–Kier alpha value is -1.75. The molecule has 0 amide bonds. The topological polar surface area (TPSA) is 89.5 Å². The van der Waals surface area contributed by atoms with Crippen LogP contribution in [0.4, 0.5) is 8.78 Å². The van der Waals surface area contributed by atoms with Gasteiger partial charge in [0.1, 0.15) is 12.4 Å². The van der Waals surface area contributed by atoms with Gasteiger partial charge in [0, 0.05) is 24.9 Å². The maximum atomic E-state index is 13.6. The zero-order chi connectivity index (χ0) is 20.5. The Kier molecular flexibility index (Phi) is 7.26. The SMILES string of the molecule is CS(=O)(=O)c1ccc2c(c1)C(NCCOc1cc(F)ccc1F)CCS2(=O)=O.Cl.